The number of aromatic nitrogens is 1. The summed E-state index contributed by atoms with van der Waals surface area (Å²) in [5.41, 5.74) is 9.19. The molecular formula is C15H19ClN2O2. The van der Waals surface area contributed by atoms with Gasteiger partial charge in [0.05, 0.1) is 12.7 Å². The maximum atomic E-state index is 11.8. The van der Waals surface area contributed by atoms with Crippen LogP contribution in [0.5, 0.6) is 0 Å². The van der Waals surface area contributed by atoms with Crippen LogP contribution in [0.3, 0.4) is 0 Å². The summed E-state index contributed by atoms with van der Waals surface area (Å²) >= 11 is 0. The molecular weight excluding hydrogens is 276 g/mol. The smallest absolute Gasteiger partial charge is 0.339 e. The first kappa shape index (κ1) is 16.3. The van der Waals surface area contributed by atoms with Crippen molar-refractivity contribution in [1.82, 2.24) is 4.57 Å². The van der Waals surface area contributed by atoms with Gasteiger partial charge in [-0.25, -0.2) is 4.79 Å². The molecule has 5 heteroatoms. The lowest BCUT2D eigenvalue weighted by Crippen LogP contribution is -2.13. The number of halogens is 1. The molecule has 0 aliphatic carbocycles. The van der Waals surface area contributed by atoms with E-state index in [1.165, 1.54) is 7.11 Å². The molecule has 0 atom stereocenters. The molecule has 2 aromatic rings. The number of methoxy groups -OCH3 is 1. The second-order valence-corrected chi connectivity index (χ2v) is 4.33. The van der Waals surface area contributed by atoms with Crippen LogP contribution >= 0.6 is 12.4 Å². The van der Waals surface area contributed by atoms with Crippen LogP contribution in [0.4, 0.5) is 0 Å². The Bertz CT molecular complexity index is 579. The van der Waals surface area contributed by atoms with Crippen molar-refractivity contribution in [3.8, 4) is 11.3 Å². The van der Waals surface area contributed by atoms with E-state index in [2.05, 4.69) is 4.57 Å². The van der Waals surface area contributed by atoms with E-state index in [0.717, 1.165) is 17.0 Å². The van der Waals surface area contributed by atoms with E-state index in [1.54, 1.807) is 0 Å². The number of carbonyl (C=O) groups is 1. The van der Waals surface area contributed by atoms with Gasteiger partial charge in [-0.1, -0.05) is 30.3 Å². The van der Waals surface area contributed by atoms with Gasteiger partial charge in [-0.3, -0.25) is 0 Å². The van der Waals surface area contributed by atoms with E-state index < -0.39 is 0 Å². The van der Waals surface area contributed by atoms with Gasteiger partial charge in [0.1, 0.15) is 0 Å². The molecule has 20 heavy (non-hydrogen) atoms. The molecule has 1 aromatic heterocycles. The van der Waals surface area contributed by atoms with Crippen LogP contribution < -0.4 is 5.73 Å². The zero-order valence-corrected chi connectivity index (χ0v) is 12.4. The first-order chi connectivity index (χ1) is 9.19. The highest BCUT2D eigenvalue weighted by atomic mass is 35.5. The molecule has 0 aliphatic heterocycles. The van der Waals surface area contributed by atoms with Crippen molar-refractivity contribution in [3.63, 3.8) is 0 Å². The van der Waals surface area contributed by atoms with Gasteiger partial charge in [-0.2, -0.15) is 0 Å². The van der Waals surface area contributed by atoms with E-state index in [-0.39, 0.29) is 18.4 Å². The van der Waals surface area contributed by atoms with Crippen molar-refractivity contribution in [1.29, 1.82) is 0 Å². The summed E-state index contributed by atoms with van der Waals surface area (Å²) in [6.07, 6.45) is 0. The first-order valence-electron chi connectivity index (χ1n) is 6.23. The Kier molecular flexibility index (Phi) is 5.80. The van der Waals surface area contributed by atoms with Gasteiger partial charge in [-0.05, 0) is 18.6 Å². The van der Waals surface area contributed by atoms with Crippen LogP contribution in [0.2, 0.25) is 0 Å². The lowest BCUT2D eigenvalue weighted by molar-refractivity contribution is 0.0600. The summed E-state index contributed by atoms with van der Waals surface area (Å²) < 4.78 is 6.87. The van der Waals surface area contributed by atoms with Gasteiger partial charge in [0.2, 0.25) is 0 Å². The predicted molar refractivity (Wildman–Crippen MR) is 82.2 cm³/mol. The molecule has 0 amide bonds. The lowest BCUT2D eigenvalue weighted by Gasteiger charge is -2.10. The highest BCUT2D eigenvalue weighted by molar-refractivity contribution is 5.92. The number of hydrogen-bond donors (Lipinski definition) is 1. The summed E-state index contributed by atoms with van der Waals surface area (Å²) in [5.74, 6) is -0.314. The van der Waals surface area contributed by atoms with E-state index in [0.29, 0.717) is 18.7 Å². The van der Waals surface area contributed by atoms with Crippen molar-refractivity contribution in [2.24, 2.45) is 5.73 Å². The number of ether oxygens (including phenoxy) is 1. The maximum absolute atomic E-state index is 11.8. The van der Waals surface area contributed by atoms with Crippen LogP contribution in [0.1, 0.15) is 16.1 Å². The van der Waals surface area contributed by atoms with Gasteiger partial charge in [0, 0.05) is 24.5 Å². The zero-order valence-electron chi connectivity index (χ0n) is 11.6. The number of hydrogen-bond acceptors (Lipinski definition) is 3. The number of nitrogens with two attached hydrogens (primary N) is 1. The molecule has 4 nitrogen and oxygen atoms in total. The van der Waals surface area contributed by atoms with Crippen molar-refractivity contribution in [2.45, 2.75) is 13.5 Å². The monoisotopic (exact) mass is 294 g/mol. The topological polar surface area (TPSA) is 57.2 Å². The van der Waals surface area contributed by atoms with Crippen LogP contribution in [0.25, 0.3) is 11.3 Å². The lowest BCUT2D eigenvalue weighted by atomic mass is 10.1. The standard InChI is InChI=1S/C15H18N2O2.ClH/c1-11-13(15(18)19-2)10-14(17(11)9-8-16)12-6-4-3-5-7-12;/h3-7,10H,8-9,16H2,1-2H3;1H. The fourth-order valence-corrected chi connectivity index (χ4v) is 2.23. The molecule has 2 N–H and O–H groups in total. The molecule has 0 radical (unpaired) electrons. The van der Waals surface area contributed by atoms with Crippen LogP contribution in [0, 0.1) is 6.92 Å². The molecule has 0 bridgehead atoms. The molecule has 0 spiro atoms. The quantitative estimate of drug-likeness (QED) is 0.882. The number of rotatable bonds is 4. The summed E-state index contributed by atoms with van der Waals surface area (Å²) in [6.45, 7) is 3.11. The molecule has 0 saturated heterocycles. The Labute approximate surface area is 125 Å². The van der Waals surface area contributed by atoms with Gasteiger partial charge in [0.25, 0.3) is 0 Å². The fourth-order valence-electron chi connectivity index (χ4n) is 2.23. The van der Waals surface area contributed by atoms with Gasteiger partial charge in [0.15, 0.2) is 0 Å². The summed E-state index contributed by atoms with van der Waals surface area (Å²) in [7, 11) is 1.39. The van der Waals surface area contributed by atoms with E-state index in [4.69, 9.17) is 10.5 Å². The predicted octanol–water partition coefficient (Wildman–Crippen LogP) is 2.63. The van der Waals surface area contributed by atoms with Crippen molar-refractivity contribution >= 4 is 18.4 Å². The maximum Gasteiger partial charge on any atom is 0.339 e. The van der Waals surface area contributed by atoms with Crippen molar-refractivity contribution in [3.05, 3.63) is 47.7 Å². The number of benzene rings is 1. The summed E-state index contributed by atoms with van der Waals surface area (Å²) in [5, 5.41) is 0. The number of nitrogens with zero attached hydrogens (tertiary/aromatic N) is 1. The third-order valence-electron chi connectivity index (χ3n) is 3.19. The molecule has 1 aromatic carbocycles. The van der Waals surface area contributed by atoms with Crippen molar-refractivity contribution < 1.29 is 9.53 Å². The zero-order chi connectivity index (χ0) is 13.8. The molecule has 2 rings (SSSR count). The third kappa shape index (κ3) is 3.03. The second kappa shape index (κ2) is 7.12. The average molecular weight is 295 g/mol. The molecule has 0 saturated carbocycles. The molecule has 0 unspecified atom stereocenters. The van der Waals surface area contributed by atoms with Crippen LogP contribution in [0.15, 0.2) is 36.4 Å². The summed E-state index contributed by atoms with van der Waals surface area (Å²) in [6, 6.07) is 11.8. The van der Waals surface area contributed by atoms with E-state index in [1.807, 2.05) is 43.3 Å². The second-order valence-electron chi connectivity index (χ2n) is 4.33. The molecule has 1 heterocycles. The van der Waals surface area contributed by atoms with Crippen LogP contribution in [-0.2, 0) is 11.3 Å². The fraction of sp³-hybridized carbons (Fsp3) is 0.267. The third-order valence-corrected chi connectivity index (χ3v) is 3.19. The molecule has 108 valence electrons. The van der Waals surface area contributed by atoms with Gasteiger partial charge < -0.3 is 15.0 Å². The van der Waals surface area contributed by atoms with Gasteiger partial charge in [-0.15, -0.1) is 12.4 Å². The Morgan fingerprint density at radius 2 is 1.95 bits per heavy atom. The highest BCUT2D eigenvalue weighted by Gasteiger charge is 2.18. The van der Waals surface area contributed by atoms with E-state index in [9.17, 15) is 4.79 Å². The first-order valence-corrected chi connectivity index (χ1v) is 6.23. The number of carbonyl (C=O) groups excluding carboxylic acids is 1. The Hall–Kier alpha value is -1.78. The minimum absolute atomic E-state index is 0. The number of esters is 1. The summed E-state index contributed by atoms with van der Waals surface area (Å²) in [4.78, 5) is 11.8. The Morgan fingerprint density at radius 3 is 2.50 bits per heavy atom. The molecule has 0 aliphatic rings. The van der Waals surface area contributed by atoms with Crippen molar-refractivity contribution in [2.75, 3.05) is 13.7 Å². The highest BCUT2D eigenvalue weighted by Crippen LogP contribution is 2.26. The molecule has 0 fully saturated rings. The van der Waals surface area contributed by atoms with E-state index >= 15 is 0 Å². The minimum Gasteiger partial charge on any atom is -0.465 e. The SMILES string of the molecule is COC(=O)c1cc(-c2ccccc2)n(CCN)c1C.Cl. The van der Waals surface area contributed by atoms with Crippen LogP contribution in [-0.4, -0.2) is 24.2 Å². The average Bonchev–Trinajstić information content (AvgIpc) is 2.77. The normalized spacial score (nSPS) is 9.95. The Balaban J connectivity index is 0.00000200. The Morgan fingerprint density at radius 1 is 1.30 bits per heavy atom. The van der Waals surface area contributed by atoms with Gasteiger partial charge >= 0.3 is 5.97 Å². The largest absolute Gasteiger partial charge is 0.465 e. The minimum atomic E-state index is -0.314.